The Morgan fingerprint density at radius 1 is 1.14 bits per heavy atom. The van der Waals surface area contributed by atoms with Crippen molar-refractivity contribution < 1.29 is 8.78 Å². The van der Waals surface area contributed by atoms with Crippen LogP contribution >= 0.6 is 0 Å². The van der Waals surface area contributed by atoms with Crippen molar-refractivity contribution in [2.45, 2.75) is 6.54 Å². The van der Waals surface area contributed by atoms with Gasteiger partial charge in [-0.1, -0.05) is 0 Å². The van der Waals surface area contributed by atoms with Gasteiger partial charge in [-0.2, -0.15) is 0 Å². The molecule has 2 N–H and O–H groups in total. The number of imidazole rings is 1. The summed E-state index contributed by atoms with van der Waals surface area (Å²) >= 11 is 0. The number of nitrogens with two attached hydrogens (primary N) is 1. The maximum atomic E-state index is 13.7. The van der Waals surface area contributed by atoms with E-state index in [1.807, 2.05) is 0 Å². The highest BCUT2D eigenvalue weighted by molar-refractivity contribution is 5.61. The Kier molecular flexibility index (Phi) is 3.35. The number of anilines is 1. The van der Waals surface area contributed by atoms with Crippen LogP contribution in [0.1, 0.15) is 5.56 Å². The molecule has 6 heteroatoms. The van der Waals surface area contributed by atoms with E-state index in [4.69, 9.17) is 5.73 Å². The Labute approximate surface area is 119 Å². The molecule has 0 saturated carbocycles. The molecular formula is C15H12F2N4. The Balaban J connectivity index is 1.98. The van der Waals surface area contributed by atoms with Crippen molar-refractivity contribution in [2.24, 2.45) is 0 Å². The summed E-state index contributed by atoms with van der Waals surface area (Å²) in [6.45, 7) is 0.182. The molecule has 2 aromatic heterocycles. The molecule has 0 amide bonds. The quantitative estimate of drug-likeness (QED) is 0.805. The molecule has 1 aromatic carbocycles. The lowest BCUT2D eigenvalue weighted by Crippen LogP contribution is -2.03. The van der Waals surface area contributed by atoms with Gasteiger partial charge in [0.1, 0.15) is 17.5 Å². The van der Waals surface area contributed by atoms with E-state index in [1.165, 1.54) is 6.07 Å². The topological polar surface area (TPSA) is 56.7 Å². The van der Waals surface area contributed by atoms with Crippen LogP contribution in [0.15, 0.2) is 49.1 Å². The summed E-state index contributed by atoms with van der Waals surface area (Å²) in [5.74, 6) is -0.538. The predicted octanol–water partition coefficient (Wildman–Crippen LogP) is 2.85. The van der Waals surface area contributed by atoms with Crippen molar-refractivity contribution in [3.8, 4) is 11.3 Å². The van der Waals surface area contributed by atoms with Gasteiger partial charge in [-0.3, -0.25) is 0 Å². The van der Waals surface area contributed by atoms with Gasteiger partial charge in [0, 0.05) is 17.3 Å². The van der Waals surface area contributed by atoms with Crippen LogP contribution in [0.4, 0.5) is 14.6 Å². The third-order valence-corrected chi connectivity index (χ3v) is 3.14. The van der Waals surface area contributed by atoms with E-state index in [-0.39, 0.29) is 12.1 Å². The zero-order valence-corrected chi connectivity index (χ0v) is 11.0. The fraction of sp³-hybridized carbons (Fsp3) is 0.0667. The molecule has 0 aliphatic rings. The molecule has 0 spiro atoms. The molecule has 106 valence electrons. The maximum absolute atomic E-state index is 13.7. The second-order valence-corrected chi connectivity index (χ2v) is 4.61. The van der Waals surface area contributed by atoms with E-state index in [2.05, 4.69) is 9.97 Å². The molecule has 3 aromatic rings. The highest BCUT2D eigenvalue weighted by Gasteiger charge is 2.09. The number of benzene rings is 1. The summed E-state index contributed by atoms with van der Waals surface area (Å²) in [6.07, 6.45) is 4.80. The third-order valence-electron chi connectivity index (χ3n) is 3.14. The summed E-state index contributed by atoms with van der Waals surface area (Å²) in [5, 5.41) is 0. The Bertz CT molecular complexity index is 783. The van der Waals surface area contributed by atoms with Crippen molar-refractivity contribution in [1.29, 1.82) is 0 Å². The first-order valence-corrected chi connectivity index (χ1v) is 6.29. The molecule has 0 unspecified atom stereocenters. The summed E-state index contributed by atoms with van der Waals surface area (Å²) in [6, 6.07) is 6.88. The van der Waals surface area contributed by atoms with Crippen LogP contribution in [0, 0.1) is 11.6 Å². The molecule has 0 radical (unpaired) electrons. The molecule has 21 heavy (non-hydrogen) atoms. The van der Waals surface area contributed by atoms with Crippen LogP contribution in [0.2, 0.25) is 0 Å². The number of aromatic nitrogens is 3. The van der Waals surface area contributed by atoms with Crippen molar-refractivity contribution in [3.05, 3.63) is 66.3 Å². The van der Waals surface area contributed by atoms with E-state index in [9.17, 15) is 8.78 Å². The lowest BCUT2D eigenvalue weighted by atomic mass is 10.1. The normalized spacial score (nSPS) is 10.8. The summed E-state index contributed by atoms with van der Waals surface area (Å²) in [4.78, 5) is 7.99. The van der Waals surface area contributed by atoms with Crippen molar-refractivity contribution >= 4 is 5.82 Å². The second kappa shape index (κ2) is 5.32. The summed E-state index contributed by atoms with van der Waals surface area (Å²) < 4.78 is 28.7. The summed E-state index contributed by atoms with van der Waals surface area (Å²) in [7, 11) is 0. The van der Waals surface area contributed by atoms with Gasteiger partial charge in [-0.25, -0.2) is 18.7 Å². The first-order chi connectivity index (χ1) is 10.1. The van der Waals surface area contributed by atoms with Gasteiger partial charge >= 0.3 is 0 Å². The highest BCUT2D eigenvalue weighted by Crippen LogP contribution is 2.21. The number of pyridine rings is 1. The molecular weight excluding hydrogens is 274 g/mol. The zero-order chi connectivity index (χ0) is 14.8. The SMILES string of the molecule is Nc1cc(-c2cncn2Cc2cc(F)ccc2F)ccn1. The first-order valence-electron chi connectivity index (χ1n) is 6.29. The Morgan fingerprint density at radius 2 is 2.00 bits per heavy atom. The van der Waals surface area contributed by atoms with Crippen molar-refractivity contribution in [2.75, 3.05) is 5.73 Å². The van der Waals surface area contributed by atoms with Gasteiger partial charge in [0.05, 0.1) is 24.8 Å². The third kappa shape index (κ3) is 2.74. The van der Waals surface area contributed by atoms with Crippen LogP contribution in [-0.2, 0) is 6.54 Å². The fourth-order valence-corrected chi connectivity index (χ4v) is 2.14. The van der Waals surface area contributed by atoms with E-state index in [1.54, 1.807) is 35.4 Å². The predicted molar refractivity (Wildman–Crippen MR) is 75.3 cm³/mol. The van der Waals surface area contributed by atoms with Gasteiger partial charge < -0.3 is 10.3 Å². The maximum Gasteiger partial charge on any atom is 0.128 e. The number of rotatable bonds is 3. The first kappa shape index (κ1) is 13.2. The van der Waals surface area contributed by atoms with Crippen molar-refractivity contribution in [1.82, 2.24) is 14.5 Å². The van der Waals surface area contributed by atoms with Crippen LogP contribution in [0.25, 0.3) is 11.3 Å². The molecule has 4 nitrogen and oxygen atoms in total. The minimum Gasteiger partial charge on any atom is -0.384 e. The van der Waals surface area contributed by atoms with Gasteiger partial charge in [-0.15, -0.1) is 0 Å². The molecule has 0 aliphatic carbocycles. The van der Waals surface area contributed by atoms with E-state index in [0.29, 0.717) is 5.82 Å². The number of nitrogens with zero attached hydrogens (tertiary/aromatic N) is 3. The average Bonchev–Trinajstić information content (AvgIpc) is 2.91. The van der Waals surface area contributed by atoms with E-state index < -0.39 is 11.6 Å². The Hall–Kier alpha value is -2.76. The summed E-state index contributed by atoms with van der Waals surface area (Å²) in [5.41, 5.74) is 7.50. The van der Waals surface area contributed by atoms with Gasteiger partial charge in [0.2, 0.25) is 0 Å². The Morgan fingerprint density at radius 3 is 2.81 bits per heavy atom. The molecule has 0 atom stereocenters. The van der Waals surface area contributed by atoms with Crippen LogP contribution in [0.3, 0.4) is 0 Å². The minimum atomic E-state index is -0.471. The molecule has 0 aliphatic heterocycles. The monoisotopic (exact) mass is 286 g/mol. The van der Waals surface area contributed by atoms with E-state index >= 15 is 0 Å². The van der Waals surface area contributed by atoms with Crippen LogP contribution in [0.5, 0.6) is 0 Å². The molecule has 0 fully saturated rings. The van der Waals surface area contributed by atoms with Crippen molar-refractivity contribution in [3.63, 3.8) is 0 Å². The zero-order valence-electron chi connectivity index (χ0n) is 11.0. The van der Waals surface area contributed by atoms with Gasteiger partial charge in [-0.05, 0) is 30.3 Å². The van der Waals surface area contributed by atoms with Crippen LogP contribution < -0.4 is 5.73 Å². The van der Waals surface area contributed by atoms with Gasteiger partial charge in [0.25, 0.3) is 0 Å². The second-order valence-electron chi connectivity index (χ2n) is 4.61. The minimum absolute atomic E-state index is 0.182. The number of nitrogen functional groups attached to an aromatic ring is 1. The lowest BCUT2D eigenvalue weighted by molar-refractivity contribution is 0.577. The van der Waals surface area contributed by atoms with Crippen LogP contribution in [-0.4, -0.2) is 14.5 Å². The fourth-order valence-electron chi connectivity index (χ4n) is 2.14. The van der Waals surface area contributed by atoms with Gasteiger partial charge in [0.15, 0.2) is 0 Å². The number of halogens is 2. The molecule has 2 heterocycles. The number of hydrogen-bond donors (Lipinski definition) is 1. The molecule has 0 bridgehead atoms. The smallest absolute Gasteiger partial charge is 0.128 e. The largest absolute Gasteiger partial charge is 0.384 e. The molecule has 0 saturated heterocycles. The lowest BCUT2D eigenvalue weighted by Gasteiger charge is -2.09. The van der Waals surface area contributed by atoms with E-state index in [0.717, 1.165) is 23.4 Å². The average molecular weight is 286 g/mol. The molecule has 3 rings (SSSR count). The number of hydrogen-bond acceptors (Lipinski definition) is 3. The highest BCUT2D eigenvalue weighted by atomic mass is 19.1. The standard InChI is InChI=1S/C15H12F2N4/c16-12-1-2-13(17)11(5-12)8-21-9-19-7-14(21)10-3-4-20-15(18)6-10/h1-7,9H,8H2,(H2,18,20).